The topological polar surface area (TPSA) is 20.3 Å². The van der Waals surface area contributed by atoms with Crippen molar-refractivity contribution >= 4 is 5.91 Å². The lowest BCUT2D eigenvalue weighted by Crippen LogP contribution is -2.48. The Bertz CT molecular complexity index is 504. The molecule has 0 saturated carbocycles. The monoisotopic (exact) mass is 465 g/mol. The molecular weight excluding hydrogens is 404 g/mol. The zero-order valence-electron chi connectivity index (χ0n) is 23.8. The molecule has 1 saturated heterocycles. The highest BCUT2D eigenvalue weighted by Gasteiger charge is 2.35. The van der Waals surface area contributed by atoms with Gasteiger partial charge < -0.3 is 9.38 Å². The van der Waals surface area contributed by atoms with Crippen LogP contribution in [0.1, 0.15) is 125 Å². The first kappa shape index (κ1) is 30.5. The van der Waals surface area contributed by atoms with Crippen molar-refractivity contribution in [2.75, 3.05) is 40.3 Å². The second kappa shape index (κ2) is 17.0. The minimum absolute atomic E-state index is 0.212. The first-order valence-corrected chi connectivity index (χ1v) is 14.8. The van der Waals surface area contributed by atoms with Crippen molar-refractivity contribution in [1.29, 1.82) is 0 Å². The average molecular weight is 466 g/mol. The van der Waals surface area contributed by atoms with Gasteiger partial charge in [-0.05, 0) is 18.3 Å². The molecule has 1 aliphatic rings. The Morgan fingerprint density at radius 2 is 1.27 bits per heavy atom. The molecule has 1 rings (SSSR count). The summed E-state index contributed by atoms with van der Waals surface area (Å²) < 4.78 is 1.03. The minimum Gasteiger partial charge on any atom is -0.337 e. The summed E-state index contributed by atoms with van der Waals surface area (Å²) in [7, 11) is 4.69. The highest BCUT2D eigenvalue weighted by molar-refractivity contribution is 5.80. The number of rotatable bonds is 20. The summed E-state index contributed by atoms with van der Waals surface area (Å²) in [6, 6.07) is 0. The number of likely N-dealkylation sites (tertiary alicyclic amines) is 1. The standard InChI is InChI=1S/C30H61N2O/c1-8-26(2)20-18-16-14-12-10-9-11-13-15-17-19-21-27(3)25-32(6,7)23-22-31-24-28(4)29(5)30(31)33/h26-29H,8-25H2,1-7H3/q+1. The van der Waals surface area contributed by atoms with Crippen LogP contribution in [0.2, 0.25) is 0 Å². The van der Waals surface area contributed by atoms with Crippen molar-refractivity contribution in [2.45, 2.75) is 125 Å². The highest BCUT2D eigenvalue weighted by Crippen LogP contribution is 2.24. The Hall–Kier alpha value is -0.570. The SMILES string of the molecule is CCC(C)CCCCCCCCCCCCCC(C)C[N+](C)(C)CCN1CC(C)C(C)C1=O. The van der Waals surface area contributed by atoms with Crippen LogP contribution in [0.25, 0.3) is 0 Å². The molecule has 3 nitrogen and oxygen atoms in total. The van der Waals surface area contributed by atoms with Gasteiger partial charge in [0.15, 0.2) is 0 Å². The highest BCUT2D eigenvalue weighted by atomic mass is 16.2. The van der Waals surface area contributed by atoms with E-state index in [0.29, 0.717) is 11.8 Å². The normalized spacial score (nSPS) is 21.1. The summed E-state index contributed by atoms with van der Waals surface area (Å²) >= 11 is 0. The van der Waals surface area contributed by atoms with Gasteiger partial charge >= 0.3 is 0 Å². The van der Waals surface area contributed by atoms with Gasteiger partial charge in [-0.15, -0.1) is 0 Å². The predicted octanol–water partition coefficient (Wildman–Crippen LogP) is 7.93. The van der Waals surface area contributed by atoms with Gasteiger partial charge in [-0.2, -0.15) is 0 Å². The molecular formula is C30H61N2O+. The van der Waals surface area contributed by atoms with Crippen LogP contribution in [-0.4, -0.2) is 55.6 Å². The second-order valence-electron chi connectivity index (χ2n) is 12.5. The van der Waals surface area contributed by atoms with Gasteiger partial charge in [-0.25, -0.2) is 0 Å². The van der Waals surface area contributed by atoms with Gasteiger partial charge in [0.2, 0.25) is 5.91 Å². The Kier molecular flexibility index (Phi) is 15.7. The van der Waals surface area contributed by atoms with Crippen molar-refractivity contribution in [3.63, 3.8) is 0 Å². The van der Waals surface area contributed by atoms with Gasteiger partial charge in [0.25, 0.3) is 0 Å². The number of likely N-dealkylation sites (N-methyl/N-ethyl adjacent to an activating group) is 1. The van der Waals surface area contributed by atoms with Crippen LogP contribution in [0.5, 0.6) is 0 Å². The van der Waals surface area contributed by atoms with Gasteiger partial charge in [-0.1, -0.05) is 118 Å². The first-order chi connectivity index (χ1) is 15.7. The van der Waals surface area contributed by atoms with E-state index in [4.69, 9.17) is 0 Å². The maximum atomic E-state index is 12.3. The summed E-state index contributed by atoms with van der Waals surface area (Å²) in [6.45, 7) is 15.6. The molecule has 0 aromatic carbocycles. The van der Waals surface area contributed by atoms with Gasteiger partial charge in [0.1, 0.15) is 0 Å². The number of hydrogen-bond acceptors (Lipinski definition) is 1. The lowest BCUT2D eigenvalue weighted by atomic mass is 9.99. The number of hydrogen-bond donors (Lipinski definition) is 0. The Balaban J connectivity index is 1.96. The number of carbonyl (C=O) groups is 1. The van der Waals surface area contributed by atoms with Gasteiger partial charge in [0, 0.05) is 18.4 Å². The third-order valence-electron chi connectivity index (χ3n) is 8.44. The molecule has 196 valence electrons. The van der Waals surface area contributed by atoms with E-state index < -0.39 is 0 Å². The smallest absolute Gasteiger partial charge is 0.225 e. The van der Waals surface area contributed by atoms with E-state index in [0.717, 1.165) is 36.0 Å². The van der Waals surface area contributed by atoms with Crippen molar-refractivity contribution in [3.8, 4) is 0 Å². The van der Waals surface area contributed by atoms with Gasteiger partial charge in [-0.3, -0.25) is 4.79 Å². The average Bonchev–Trinajstić information content (AvgIpc) is 3.01. The maximum Gasteiger partial charge on any atom is 0.225 e. The third kappa shape index (κ3) is 13.8. The zero-order valence-corrected chi connectivity index (χ0v) is 23.8. The van der Waals surface area contributed by atoms with Crippen LogP contribution in [0.4, 0.5) is 0 Å². The van der Waals surface area contributed by atoms with Gasteiger partial charge in [0.05, 0.1) is 33.7 Å². The summed E-state index contributed by atoms with van der Waals surface area (Å²) in [5, 5.41) is 0. The number of unbranched alkanes of at least 4 members (excludes halogenated alkanes) is 10. The van der Waals surface area contributed by atoms with Crippen molar-refractivity contribution in [2.24, 2.45) is 23.7 Å². The fourth-order valence-electron chi connectivity index (χ4n) is 5.53. The minimum atomic E-state index is 0.212. The Morgan fingerprint density at radius 1 is 0.818 bits per heavy atom. The predicted molar refractivity (Wildman–Crippen MR) is 145 cm³/mol. The van der Waals surface area contributed by atoms with E-state index in [1.54, 1.807) is 0 Å². The molecule has 1 amide bonds. The molecule has 1 aliphatic heterocycles. The van der Waals surface area contributed by atoms with Crippen LogP contribution in [0, 0.1) is 23.7 Å². The lowest BCUT2D eigenvalue weighted by Gasteiger charge is -2.34. The summed E-state index contributed by atoms with van der Waals surface area (Å²) in [5.41, 5.74) is 0. The summed E-state index contributed by atoms with van der Waals surface area (Å²) in [5.74, 6) is 2.79. The van der Waals surface area contributed by atoms with Crippen LogP contribution in [0.15, 0.2) is 0 Å². The summed E-state index contributed by atoms with van der Waals surface area (Å²) in [6.07, 6.45) is 19.9. The third-order valence-corrected chi connectivity index (χ3v) is 8.44. The number of carbonyl (C=O) groups excluding carboxylic acids is 1. The summed E-state index contributed by atoms with van der Waals surface area (Å²) in [4.78, 5) is 14.4. The van der Waals surface area contributed by atoms with Crippen molar-refractivity contribution in [3.05, 3.63) is 0 Å². The molecule has 0 N–H and O–H groups in total. The van der Waals surface area contributed by atoms with Crippen molar-refractivity contribution in [1.82, 2.24) is 4.90 Å². The van der Waals surface area contributed by atoms with E-state index in [1.807, 2.05) is 0 Å². The molecule has 4 unspecified atom stereocenters. The molecule has 4 atom stereocenters. The number of amides is 1. The zero-order chi connectivity index (χ0) is 24.7. The molecule has 0 aliphatic carbocycles. The van der Waals surface area contributed by atoms with E-state index in [2.05, 4.69) is 53.6 Å². The maximum absolute atomic E-state index is 12.3. The van der Waals surface area contributed by atoms with Crippen LogP contribution < -0.4 is 0 Å². The molecule has 0 radical (unpaired) electrons. The fourth-order valence-corrected chi connectivity index (χ4v) is 5.53. The van der Waals surface area contributed by atoms with Crippen LogP contribution in [-0.2, 0) is 4.79 Å². The molecule has 1 heterocycles. The molecule has 1 fully saturated rings. The number of nitrogens with zero attached hydrogens (tertiary/aromatic N) is 2. The van der Waals surface area contributed by atoms with E-state index in [9.17, 15) is 4.79 Å². The quantitative estimate of drug-likeness (QED) is 0.132. The molecule has 0 spiro atoms. The largest absolute Gasteiger partial charge is 0.337 e. The van der Waals surface area contributed by atoms with Crippen LogP contribution >= 0.6 is 0 Å². The first-order valence-electron chi connectivity index (χ1n) is 14.8. The molecule has 33 heavy (non-hydrogen) atoms. The molecule has 0 aromatic heterocycles. The van der Waals surface area contributed by atoms with E-state index in [-0.39, 0.29) is 5.92 Å². The molecule has 0 bridgehead atoms. The fraction of sp³-hybridized carbons (Fsp3) is 0.967. The van der Waals surface area contributed by atoms with E-state index in [1.165, 1.54) is 96.4 Å². The van der Waals surface area contributed by atoms with Crippen molar-refractivity contribution < 1.29 is 9.28 Å². The van der Waals surface area contributed by atoms with Crippen LogP contribution in [0.3, 0.4) is 0 Å². The lowest BCUT2D eigenvalue weighted by molar-refractivity contribution is -0.892. The number of quaternary nitrogens is 1. The second-order valence-corrected chi connectivity index (χ2v) is 12.5. The molecule has 3 heteroatoms. The Morgan fingerprint density at radius 3 is 1.70 bits per heavy atom. The Labute approximate surface area is 208 Å². The molecule has 0 aromatic rings. The van der Waals surface area contributed by atoms with E-state index >= 15 is 0 Å².